The summed E-state index contributed by atoms with van der Waals surface area (Å²) >= 11 is 1.70. The minimum atomic E-state index is 0.565. The molecule has 23 heavy (non-hydrogen) atoms. The lowest BCUT2D eigenvalue weighted by Crippen LogP contribution is -2.12. The molecule has 0 unspecified atom stereocenters. The van der Waals surface area contributed by atoms with Gasteiger partial charge in [0.2, 0.25) is 0 Å². The first kappa shape index (κ1) is 15.8. The normalized spacial score (nSPS) is 10.9. The highest BCUT2D eigenvalue weighted by Gasteiger charge is 2.13. The standard InChI is InChI=1S/C18H20N4S/c1-14-6-5-7-15(12-14)13-23-18-21-20-17(22(18)11-10-19)16-8-3-2-4-9-16/h2-9,12H,10-11,13,19H2,1H3. The second kappa shape index (κ2) is 7.44. The first-order valence-corrected chi connectivity index (χ1v) is 8.63. The van der Waals surface area contributed by atoms with Crippen LogP contribution in [0.3, 0.4) is 0 Å². The van der Waals surface area contributed by atoms with E-state index >= 15 is 0 Å². The molecule has 0 saturated heterocycles. The molecule has 2 aromatic carbocycles. The smallest absolute Gasteiger partial charge is 0.191 e. The molecule has 0 fully saturated rings. The maximum atomic E-state index is 5.78. The largest absolute Gasteiger partial charge is 0.329 e. The molecular formula is C18H20N4S. The molecule has 4 nitrogen and oxygen atoms in total. The van der Waals surface area contributed by atoms with E-state index in [1.165, 1.54) is 11.1 Å². The minimum absolute atomic E-state index is 0.565. The van der Waals surface area contributed by atoms with Crippen LogP contribution in [0.15, 0.2) is 59.8 Å². The van der Waals surface area contributed by atoms with Crippen LogP contribution in [0.25, 0.3) is 11.4 Å². The van der Waals surface area contributed by atoms with E-state index in [2.05, 4.69) is 46.0 Å². The van der Waals surface area contributed by atoms with Crippen molar-refractivity contribution in [3.8, 4) is 11.4 Å². The number of benzene rings is 2. The van der Waals surface area contributed by atoms with E-state index in [1.807, 2.05) is 30.3 Å². The fraction of sp³-hybridized carbons (Fsp3) is 0.222. The SMILES string of the molecule is Cc1cccc(CSc2nnc(-c3ccccc3)n2CCN)c1. The van der Waals surface area contributed by atoms with Crippen LogP contribution in [-0.2, 0) is 12.3 Å². The van der Waals surface area contributed by atoms with E-state index in [4.69, 9.17) is 5.73 Å². The van der Waals surface area contributed by atoms with Crippen LogP contribution >= 0.6 is 11.8 Å². The highest BCUT2D eigenvalue weighted by molar-refractivity contribution is 7.98. The Balaban J connectivity index is 1.83. The summed E-state index contributed by atoms with van der Waals surface area (Å²) in [5.41, 5.74) is 9.41. The molecule has 118 valence electrons. The lowest BCUT2D eigenvalue weighted by Gasteiger charge is -2.09. The molecule has 0 radical (unpaired) electrons. The molecule has 0 aliphatic rings. The van der Waals surface area contributed by atoms with Crippen molar-refractivity contribution in [2.75, 3.05) is 6.54 Å². The van der Waals surface area contributed by atoms with Crippen LogP contribution in [0.5, 0.6) is 0 Å². The quantitative estimate of drug-likeness (QED) is 0.705. The molecule has 0 aliphatic heterocycles. The molecular weight excluding hydrogens is 304 g/mol. The van der Waals surface area contributed by atoms with E-state index in [-0.39, 0.29) is 0 Å². The third kappa shape index (κ3) is 3.81. The molecule has 0 saturated carbocycles. The van der Waals surface area contributed by atoms with Gasteiger partial charge in [0.05, 0.1) is 0 Å². The maximum Gasteiger partial charge on any atom is 0.191 e. The van der Waals surface area contributed by atoms with E-state index in [9.17, 15) is 0 Å². The van der Waals surface area contributed by atoms with Crippen molar-refractivity contribution < 1.29 is 0 Å². The lowest BCUT2D eigenvalue weighted by atomic mass is 10.2. The van der Waals surface area contributed by atoms with Crippen LogP contribution in [0.4, 0.5) is 0 Å². The van der Waals surface area contributed by atoms with Gasteiger partial charge in [-0.2, -0.15) is 0 Å². The summed E-state index contributed by atoms with van der Waals surface area (Å²) in [6, 6.07) is 18.7. The molecule has 0 spiro atoms. The van der Waals surface area contributed by atoms with Gasteiger partial charge in [-0.1, -0.05) is 71.9 Å². The van der Waals surface area contributed by atoms with E-state index in [0.29, 0.717) is 13.1 Å². The van der Waals surface area contributed by atoms with Crippen molar-refractivity contribution in [3.05, 3.63) is 65.7 Å². The number of nitrogens with two attached hydrogens (primary N) is 1. The van der Waals surface area contributed by atoms with Crippen molar-refractivity contribution in [2.45, 2.75) is 24.4 Å². The molecule has 0 atom stereocenters. The molecule has 1 heterocycles. The van der Waals surface area contributed by atoms with Crippen molar-refractivity contribution in [1.29, 1.82) is 0 Å². The highest BCUT2D eigenvalue weighted by Crippen LogP contribution is 2.26. The number of rotatable bonds is 6. The van der Waals surface area contributed by atoms with Crippen molar-refractivity contribution >= 4 is 11.8 Å². The Morgan fingerprint density at radius 3 is 2.61 bits per heavy atom. The minimum Gasteiger partial charge on any atom is -0.329 e. The van der Waals surface area contributed by atoms with Gasteiger partial charge < -0.3 is 10.3 Å². The van der Waals surface area contributed by atoms with Gasteiger partial charge in [0.25, 0.3) is 0 Å². The zero-order valence-corrected chi connectivity index (χ0v) is 14.0. The highest BCUT2D eigenvalue weighted by atomic mass is 32.2. The average molecular weight is 324 g/mol. The fourth-order valence-corrected chi connectivity index (χ4v) is 3.38. The van der Waals surface area contributed by atoms with Gasteiger partial charge in [-0.05, 0) is 12.5 Å². The summed E-state index contributed by atoms with van der Waals surface area (Å²) in [5.74, 6) is 1.75. The van der Waals surface area contributed by atoms with Gasteiger partial charge in [-0.15, -0.1) is 10.2 Å². The Morgan fingerprint density at radius 2 is 1.87 bits per heavy atom. The molecule has 5 heteroatoms. The number of aromatic nitrogens is 3. The average Bonchev–Trinajstić information content (AvgIpc) is 2.97. The van der Waals surface area contributed by atoms with Crippen LogP contribution in [-0.4, -0.2) is 21.3 Å². The van der Waals surface area contributed by atoms with E-state index < -0.39 is 0 Å². The molecule has 3 rings (SSSR count). The number of nitrogens with zero attached hydrogens (tertiary/aromatic N) is 3. The fourth-order valence-electron chi connectivity index (χ4n) is 2.48. The lowest BCUT2D eigenvalue weighted by molar-refractivity contribution is 0.649. The molecule has 1 aromatic heterocycles. The summed E-state index contributed by atoms with van der Waals surface area (Å²) in [4.78, 5) is 0. The van der Waals surface area contributed by atoms with Gasteiger partial charge in [0, 0.05) is 24.4 Å². The van der Waals surface area contributed by atoms with Gasteiger partial charge in [-0.25, -0.2) is 0 Å². The molecule has 0 bridgehead atoms. The van der Waals surface area contributed by atoms with Crippen LogP contribution in [0.1, 0.15) is 11.1 Å². The first-order valence-electron chi connectivity index (χ1n) is 7.65. The topological polar surface area (TPSA) is 56.7 Å². The van der Waals surface area contributed by atoms with Gasteiger partial charge in [0.15, 0.2) is 11.0 Å². The van der Waals surface area contributed by atoms with Crippen LogP contribution < -0.4 is 5.73 Å². The Bertz CT molecular complexity index is 768. The molecule has 2 N–H and O–H groups in total. The second-order valence-corrected chi connectivity index (χ2v) is 6.33. The predicted molar refractivity (Wildman–Crippen MR) is 95.3 cm³/mol. The van der Waals surface area contributed by atoms with Crippen molar-refractivity contribution in [3.63, 3.8) is 0 Å². The molecule has 0 amide bonds. The van der Waals surface area contributed by atoms with Crippen molar-refractivity contribution in [2.24, 2.45) is 5.73 Å². The van der Waals surface area contributed by atoms with Gasteiger partial charge in [-0.3, -0.25) is 0 Å². The number of hydrogen-bond acceptors (Lipinski definition) is 4. The summed E-state index contributed by atoms with van der Waals surface area (Å²) in [5, 5.41) is 9.65. The zero-order valence-electron chi connectivity index (χ0n) is 13.1. The Hall–Kier alpha value is -2.11. The first-order chi connectivity index (χ1) is 11.3. The second-order valence-electron chi connectivity index (χ2n) is 5.39. The maximum absolute atomic E-state index is 5.78. The Morgan fingerprint density at radius 1 is 1.04 bits per heavy atom. The summed E-state index contributed by atoms with van der Waals surface area (Å²) < 4.78 is 2.11. The van der Waals surface area contributed by atoms with Crippen LogP contribution in [0, 0.1) is 6.92 Å². The third-order valence-corrected chi connectivity index (χ3v) is 4.59. The Labute approximate surface area is 140 Å². The monoisotopic (exact) mass is 324 g/mol. The molecule has 0 aliphatic carbocycles. The summed E-state index contributed by atoms with van der Waals surface area (Å²) in [6.45, 7) is 3.39. The number of aryl methyl sites for hydroxylation is 1. The predicted octanol–water partition coefficient (Wildman–Crippen LogP) is 3.50. The van der Waals surface area contributed by atoms with E-state index in [1.54, 1.807) is 11.8 Å². The molecule has 3 aromatic rings. The summed E-state index contributed by atoms with van der Waals surface area (Å²) in [6.07, 6.45) is 0. The number of hydrogen-bond donors (Lipinski definition) is 1. The van der Waals surface area contributed by atoms with Crippen LogP contribution in [0.2, 0.25) is 0 Å². The van der Waals surface area contributed by atoms with Crippen molar-refractivity contribution in [1.82, 2.24) is 14.8 Å². The Kier molecular flexibility index (Phi) is 5.10. The third-order valence-electron chi connectivity index (χ3n) is 3.55. The summed E-state index contributed by atoms with van der Waals surface area (Å²) in [7, 11) is 0. The zero-order chi connectivity index (χ0) is 16.1. The van der Waals surface area contributed by atoms with Gasteiger partial charge in [0.1, 0.15) is 0 Å². The van der Waals surface area contributed by atoms with E-state index in [0.717, 1.165) is 22.3 Å². The van der Waals surface area contributed by atoms with Gasteiger partial charge >= 0.3 is 0 Å². The number of thioether (sulfide) groups is 1.